The van der Waals surface area contributed by atoms with Crippen LogP contribution in [0, 0.1) is 0 Å². The molecule has 2 N–H and O–H groups in total. The minimum Gasteiger partial charge on any atom is -0.508 e. The zero-order valence-corrected chi connectivity index (χ0v) is 23.6. The van der Waals surface area contributed by atoms with E-state index >= 15 is 0 Å². The van der Waals surface area contributed by atoms with Crippen LogP contribution in [-0.2, 0) is 22.7 Å². The molecular weight excluding hydrogens is 510 g/mol. The minimum atomic E-state index is -0.449. The van der Waals surface area contributed by atoms with Gasteiger partial charge in [0.05, 0.1) is 19.2 Å². The van der Waals surface area contributed by atoms with Gasteiger partial charge >= 0.3 is 5.97 Å². The number of aliphatic hydroxyl groups is 1. The second-order valence-electron chi connectivity index (χ2n) is 10.4. The van der Waals surface area contributed by atoms with Crippen LogP contribution in [0.3, 0.4) is 0 Å². The molecule has 2 aromatic carbocycles. The number of benzene rings is 2. The van der Waals surface area contributed by atoms with E-state index in [1.165, 1.54) is 4.90 Å². The highest BCUT2D eigenvalue weighted by molar-refractivity contribution is 5.96. The van der Waals surface area contributed by atoms with Gasteiger partial charge in [-0.1, -0.05) is 24.3 Å². The number of carbonyl (C=O) groups excluding carboxylic acids is 2. The van der Waals surface area contributed by atoms with Crippen LogP contribution in [0.25, 0.3) is 0 Å². The number of piperazine rings is 1. The van der Waals surface area contributed by atoms with Crippen molar-refractivity contribution in [1.82, 2.24) is 14.7 Å². The van der Waals surface area contributed by atoms with Crippen LogP contribution in [0.15, 0.2) is 65.1 Å². The molecule has 1 unspecified atom stereocenters. The van der Waals surface area contributed by atoms with Gasteiger partial charge in [0.1, 0.15) is 30.4 Å². The Bertz CT molecular complexity index is 1310. The van der Waals surface area contributed by atoms with Crippen molar-refractivity contribution in [1.29, 1.82) is 0 Å². The average molecular weight is 550 g/mol. The topological polar surface area (TPSA) is 107 Å². The van der Waals surface area contributed by atoms with Crippen LogP contribution in [-0.4, -0.2) is 82.2 Å². The molecule has 3 atom stereocenters. The van der Waals surface area contributed by atoms with E-state index in [2.05, 4.69) is 23.6 Å². The van der Waals surface area contributed by atoms with E-state index < -0.39 is 5.97 Å². The van der Waals surface area contributed by atoms with Gasteiger partial charge in [0.2, 0.25) is 0 Å². The van der Waals surface area contributed by atoms with Crippen LogP contribution in [0.1, 0.15) is 59.8 Å². The van der Waals surface area contributed by atoms with Crippen molar-refractivity contribution in [3.63, 3.8) is 0 Å². The van der Waals surface area contributed by atoms with Crippen molar-refractivity contribution in [2.45, 2.75) is 52.0 Å². The SMILES string of the molecule is CCOC(=O)CN(C)C(=O)c1cccc(C(c2cccc(O)c2)N2C[C@@H](C)N(Cc3ccc(CO)o3)C[C@@H]2C)c1. The zero-order valence-electron chi connectivity index (χ0n) is 23.6. The van der Waals surface area contributed by atoms with Gasteiger partial charge in [-0.15, -0.1) is 0 Å². The molecule has 1 aliphatic rings. The summed E-state index contributed by atoms with van der Waals surface area (Å²) in [6, 6.07) is 18.6. The molecule has 1 aliphatic heterocycles. The van der Waals surface area contributed by atoms with Crippen LogP contribution < -0.4 is 0 Å². The summed E-state index contributed by atoms with van der Waals surface area (Å²) in [6.07, 6.45) is 0. The first-order chi connectivity index (χ1) is 19.2. The lowest BCUT2D eigenvalue weighted by atomic mass is 9.92. The van der Waals surface area contributed by atoms with Crippen molar-refractivity contribution in [2.24, 2.45) is 0 Å². The summed E-state index contributed by atoms with van der Waals surface area (Å²) in [6.45, 7) is 8.28. The number of amides is 1. The highest BCUT2D eigenvalue weighted by Crippen LogP contribution is 2.35. The summed E-state index contributed by atoms with van der Waals surface area (Å²) < 4.78 is 10.7. The molecule has 1 aromatic heterocycles. The molecule has 0 aliphatic carbocycles. The predicted molar refractivity (Wildman–Crippen MR) is 151 cm³/mol. The number of phenolic OH excluding ortho intramolecular Hbond substituents is 1. The largest absolute Gasteiger partial charge is 0.508 e. The Hall–Kier alpha value is -3.66. The van der Waals surface area contributed by atoms with Gasteiger partial charge in [-0.25, -0.2) is 0 Å². The third-order valence-electron chi connectivity index (χ3n) is 7.38. The van der Waals surface area contributed by atoms with Gasteiger partial charge in [-0.05, 0) is 68.3 Å². The normalized spacial score (nSPS) is 18.8. The molecule has 3 aromatic rings. The maximum absolute atomic E-state index is 13.2. The monoisotopic (exact) mass is 549 g/mol. The van der Waals surface area contributed by atoms with E-state index in [1.54, 1.807) is 38.2 Å². The molecule has 1 amide bonds. The van der Waals surface area contributed by atoms with Gasteiger partial charge in [-0.2, -0.15) is 0 Å². The van der Waals surface area contributed by atoms with Crippen LogP contribution in [0.2, 0.25) is 0 Å². The number of phenols is 1. The number of carbonyl (C=O) groups is 2. The Morgan fingerprint density at radius 3 is 2.40 bits per heavy atom. The molecule has 9 heteroatoms. The number of hydrogen-bond acceptors (Lipinski definition) is 8. The smallest absolute Gasteiger partial charge is 0.325 e. The van der Waals surface area contributed by atoms with E-state index in [4.69, 9.17) is 9.15 Å². The highest BCUT2D eigenvalue weighted by atomic mass is 16.5. The van der Waals surface area contributed by atoms with E-state index in [0.717, 1.165) is 30.0 Å². The van der Waals surface area contributed by atoms with Crippen molar-refractivity contribution in [3.8, 4) is 5.75 Å². The van der Waals surface area contributed by atoms with Gasteiger partial charge in [0.15, 0.2) is 0 Å². The summed E-state index contributed by atoms with van der Waals surface area (Å²) in [5.41, 5.74) is 2.33. The third kappa shape index (κ3) is 6.91. The summed E-state index contributed by atoms with van der Waals surface area (Å²) in [7, 11) is 1.59. The van der Waals surface area contributed by atoms with E-state index in [9.17, 15) is 19.8 Å². The fourth-order valence-electron chi connectivity index (χ4n) is 5.40. The lowest BCUT2D eigenvalue weighted by Crippen LogP contribution is -2.56. The van der Waals surface area contributed by atoms with E-state index in [0.29, 0.717) is 17.9 Å². The van der Waals surface area contributed by atoms with Gasteiger partial charge in [0, 0.05) is 37.8 Å². The molecule has 214 valence electrons. The van der Waals surface area contributed by atoms with Crippen LogP contribution in [0.5, 0.6) is 5.75 Å². The number of rotatable bonds is 10. The van der Waals surface area contributed by atoms with Gasteiger partial charge < -0.3 is 24.3 Å². The number of ether oxygens (including phenoxy) is 1. The summed E-state index contributed by atoms with van der Waals surface area (Å²) in [5.74, 6) is 0.840. The lowest BCUT2D eigenvalue weighted by molar-refractivity contribution is -0.143. The molecule has 0 bridgehead atoms. The molecule has 0 spiro atoms. The Labute approximate surface area is 235 Å². The van der Waals surface area contributed by atoms with Crippen molar-refractivity contribution >= 4 is 11.9 Å². The first-order valence-corrected chi connectivity index (χ1v) is 13.7. The summed E-state index contributed by atoms with van der Waals surface area (Å²) >= 11 is 0. The molecular formula is C31H39N3O6. The Balaban J connectivity index is 1.61. The maximum Gasteiger partial charge on any atom is 0.325 e. The number of hydrogen-bond donors (Lipinski definition) is 2. The highest BCUT2D eigenvalue weighted by Gasteiger charge is 2.35. The quantitative estimate of drug-likeness (QED) is 0.368. The maximum atomic E-state index is 13.2. The number of likely N-dealkylation sites (N-methyl/N-ethyl adjacent to an activating group) is 1. The van der Waals surface area contributed by atoms with Crippen LogP contribution in [0.4, 0.5) is 0 Å². The van der Waals surface area contributed by atoms with Gasteiger partial charge in [-0.3, -0.25) is 19.4 Å². The Kier molecular flexibility index (Phi) is 9.63. The zero-order chi connectivity index (χ0) is 28.8. The van der Waals surface area contributed by atoms with Crippen molar-refractivity contribution in [3.05, 3.63) is 88.9 Å². The molecule has 1 fully saturated rings. The molecule has 0 saturated carbocycles. The van der Waals surface area contributed by atoms with Crippen molar-refractivity contribution in [2.75, 3.05) is 33.3 Å². The molecule has 1 saturated heterocycles. The summed E-state index contributed by atoms with van der Waals surface area (Å²) in [5, 5.41) is 19.7. The number of furan rings is 1. The molecule has 4 rings (SSSR count). The second kappa shape index (κ2) is 13.1. The lowest BCUT2D eigenvalue weighted by Gasteiger charge is -2.47. The van der Waals surface area contributed by atoms with Crippen molar-refractivity contribution < 1.29 is 29.0 Å². The third-order valence-corrected chi connectivity index (χ3v) is 7.38. The van der Waals surface area contributed by atoms with E-state index in [-0.39, 0.29) is 49.5 Å². The molecule has 2 heterocycles. The Morgan fingerprint density at radius 1 is 1.02 bits per heavy atom. The second-order valence-corrected chi connectivity index (χ2v) is 10.4. The first kappa shape index (κ1) is 29.3. The molecule has 0 radical (unpaired) electrons. The van der Waals surface area contributed by atoms with Gasteiger partial charge in [0.25, 0.3) is 5.91 Å². The fourth-order valence-corrected chi connectivity index (χ4v) is 5.40. The molecule has 40 heavy (non-hydrogen) atoms. The number of aromatic hydroxyl groups is 1. The fraction of sp³-hybridized carbons (Fsp3) is 0.419. The van der Waals surface area contributed by atoms with Crippen LogP contribution >= 0.6 is 0 Å². The number of esters is 1. The predicted octanol–water partition coefficient (Wildman–Crippen LogP) is 3.80. The molecule has 9 nitrogen and oxygen atoms in total. The summed E-state index contributed by atoms with van der Waals surface area (Å²) in [4.78, 5) is 31.3. The van der Waals surface area contributed by atoms with E-state index in [1.807, 2.05) is 36.4 Å². The number of nitrogens with zero attached hydrogens (tertiary/aromatic N) is 3. The first-order valence-electron chi connectivity index (χ1n) is 13.7. The Morgan fingerprint density at radius 2 is 1.73 bits per heavy atom. The minimum absolute atomic E-state index is 0.120. The standard InChI is InChI=1S/C31H39N3O6/c1-5-39-29(37)19-32(4)31(38)25-10-6-8-23(14-25)30(24-9-7-11-26(36)15-24)34-17-21(2)33(16-22(34)3)18-27-12-13-28(20-35)40-27/h6-15,21-22,30,35-36H,5,16-20H2,1-4H3/t21-,22+,30?/m1/s1. The average Bonchev–Trinajstić information content (AvgIpc) is 3.39. The number of aliphatic hydroxyl groups excluding tert-OH is 1.